The average Bonchev–Trinajstić information content (AvgIpc) is 2.37. The second kappa shape index (κ2) is 7.81. The highest BCUT2D eigenvalue weighted by atomic mass is 16.5. The van der Waals surface area contributed by atoms with Gasteiger partial charge in [0.05, 0.1) is 0 Å². The van der Waals surface area contributed by atoms with E-state index in [9.17, 15) is 0 Å². The highest BCUT2D eigenvalue weighted by Crippen LogP contribution is 2.23. The molecule has 3 nitrogen and oxygen atoms in total. The van der Waals surface area contributed by atoms with Crippen molar-refractivity contribution in [3.8, 4) is 5.75 Å². The Morgan fingerprint density at radius 2 is 1.95 bits per heavy atom. The third-order valence-electron chi connectivity index (χ3n) is 3.86. The molecule has 0 saturated carbocycles. The van der Waals surface area contributed by atoms with Crippen molar-refractivity contribution in [2.75, 3.05) is 33.3 Å². The van der Waals surface area contributed by atoms with E-state index in [0.717, 1.165) is 18.8 Å². The van der Waals surface area contributed by atoms with Gasteiger partial charge in [0, 0.05) is 13.1 Å². The number of ether oxygens (including phenoxy) is 1. The standard InChI is InChI=1S/C18H32N2O/c1-14(2)17-8-7-16(11-15(17)3)21-10-9-20(6)13-18(4,5)12-19/h7-8,11,14H,9-10,12-13,19H2,1-6H3. The maximum atomic E-state index is 5.87. The molecule has 1 rings (SSSR count). The van der Waals surface area contributed by atoms with Gasteiger partial charge in [0.15, 0.2) is 0 Å². The summed E-state index contributed by atoms with van der Waals surface area (Å²) < 4.78 is 5.87. The second-order valence-electron chi connectivity index (χ2n) is 7.13. The van der Waals surface area contributed by atoms with Gasteiger partial charge in [0.25, 0.3) is 0 Å². The first-order chi connectivity index (χ1) is 9.75. The largest absolute Gasteiger partial charge is 0.492 e. The summed E-state index contributed by atoms with van der Waals surface area (Å²) in [5.41, 5.74) is 8.63. The van der Waals surface area contributed by atoms with E-state index in [1.165, 1.54) is 11.1 Å². The van der Waals surface area contributed by atoms with E-state index in [0.29, 0.717) is 19.1 Å². The van der Waals surface area contributed by atoms with E-state index in [1.54, 1.807) is 0 Å². The van der Waals surface area contributed by atoms with E-state index < -0.39 is 0 Å². The van der Waals surface area contributed by atoms with Crippen LogP contribution in [0.5, 0.6) is 5.75 Å². The zero-order valence-corrected chi connectivity index (χ0v) is 14.6. The topological polar surface area (TPSA) is 38.5 Å². The monoisotopic (exact) mass is 292 g/mol. The van der Waals surface area contributed by atoms with Crippen LogP contribution in [-0.4, -0.2) is 38.2 Å². The molecule has 0 amide bonds. The maximum absolute atomic E-state index is 5.87. The van der Waals surface area contributed by atoms with Crippen molar-refractivity contribution in [2.45, 2.75) is 40.5 Å². The molecule has 0 aliphatic carbocycles. The molecule has 0 aliphatic heterocycles. The van der Waals surface area contributed by atoms with Crippen LogP contribution in [0.15, 0.2) is 18.2 Å². The van der Waals surface area contributed by atoms with Crippen molar-refractivity contribution in [3.05, 3.63) is 29.3 Å². The van der Waals surface area contributed by atoms with E-state index in [4.69, 9.17) is 10.5 Å². The molecule has 0 fully saturated rings. The van der Waals surface area contributed by atoms with Crippen molar-refractivity contribution in [2.24, 2.45) is 11.1 Å². The quantitative estimate of drug-likeness (QED) is 0.798. The van der Waals surface area contributed by atoms with Gasteiger partial charge in [0.2, 0.25) is 0 Å². The molecule has 0 spiro atoms. The number of likely N-dealkylation sites (N-methyl/N-ethyl adjacent to an activating group) is 1. The molecule has 120 valence electrons. The molecule has 3 heteroatoms. The van der Waals surface area contributed by atoms with Crippen LogP contribution in [0.1, 0.15) is 44.7 Å². The van der Waals surface area contributed by atoms with Gasteiger partial charge in [0.1, 0.15) is 12.4 Å². The number of nitrogens with two attached hydrogens (primary N) is 1. The van der Waals surface area contributed by atoms with Gasteiger partial charge in [-0.3, -0.25) is 0 Å². The van der Waals surface area contributed by atoms with Crippen LogP contribution >= 0.6 is 0 Å². The molecule has 0 aliphatic rings. The Morgan fingerprint density at radius 1 is 1.29 bits per heavy atom. The molecular weight excluding hydrogens is 260 g/mol. The van der Waals surface area contributed by atoms with Crippen LogP contribution in [0.3, 0.4) is 0 Å². The van der Waals surface area contributed by atoms with E-state index in [-0.39, 0.29) is 5.41 Å². The lowest BCUT2D eigenvalue weighted by Gasteiger charge is -2.28. The molecule has 0 aromatic heterocycles. The van der Waals surface area contributed by atoms with Gasteiger partial charge in [-0.05, 0) is 55.1 Å². The van der Waals surface area contributed by atoms with Crippen molar-refractivity contribution in [3.63, 3.8) is 0 Å². The van der Waals surface area contributed by atoms with Gasteiger partial charge in [-0.15, -0.1) is 0 Å². The lowest BCUT2D eigenvalue weighted by molar-refractivity contribution is 0.181. The molecule has 0 heterocycles. The summed E-state index contributed by atoms with van der Waals surface area (Å²) in [6.45, 7) is 14.3. The van der Waals surface area contributed by atoms with E-state index in [1.807, 2.05) is 0 Å². The highest BCUT2D eigenvalue weighted by Gasteiger charge is 2.17. The van der Waals surface area contributed by atoms with E-state index in [2.05, 4.69) is 64.8 Å². The number of nitrogens with zero attached hydrogens (tertiary/aromatic N) is 1. The molecule has 0 bridgehead atoms. The smallest absolute Gasteiger partial charge is 0.119 e. The summed E-state index contributed by atoms with van der Waals surface area (Å²) in [6.07, 6.45) is 0. The third-order valence-corrected chi connectivity index (χ3v) is 3.86. The summed E-state index contributed by atoms with van der Waals surface area (Å²) in [7, 11) is 2.12. The second-order valence-corrected chi connectivity index (χ2v) is 7.13. The molecular formula is C18H32N2O. The Kier molecular flexibility index (Phi) is 6.69. The Morgan fingerprint density at radius 3 is 2.48 bits per heavy atom. The van der Waals surface area contributed by atoms with Gasteiger partial charge >= 0.3 is 0 Å². The van der Waals surface area contributed by atoms with E-state index >= 15 is 0 Å². The number of benzene rings is 1. The molecule has 2 N–H and O–H groups in total. The zero-order valence-electron chi connectivity index (χ0n) is 14.6. The van der Waals surface area contributed by atoms with Crippen molar-refractivity contribution in [1.29, 1.82) is 0 Å². The first-order valence-electron chi connectivity index (χ1n) is 7.87. The summed E-state index contributed by atoms with van der Waals surface area (Å²) >= 11 is 0. The first-order valence-corrected chi connectivity index (χ1v) is 7.87. The highest BCUT2D eigenvalue weighted by molar-refractivity contribution is 5.36. The number of hydrogen-bond donors (Lipinski definition) is 1. The molecule has 0 radical (unpaired) electrons. The van der Waals surface area contributed by atoms with Crippen LogP contribution in [-0.2, 0) is 0 Å². The normalized spacial score (nSPS) is 12.2. The maximum Gasteiger partial charge on any atom is 0.119 e. The fraction of sp³-hybridized carbons (Fsp3) is 0.667. The fourth-order valence-corrected chi connectivity index (χ4v) is 2.58. The molecule has 21 heavy (non-hydrogen) atoms. The van der Waals surface area contributed by atoms with Crippen molar-refractivity contribution < 1.29 is 4.74 Å². The number of aryl methyl sites for hydroxylation is 1. The Hall–Kier alpha value is -1.06. The lowest BCUT2D eigenvalue weighted by atomic mass is 9.93. The lowest BCUT2D eigenvalue weighted by Crippen LogP contribution is -2.38. The van der Waals surface area contributed by atoms with Gasteiger partial charge < -0.3 is 15.4 Å². The minimum absolute atomic E-state index is 0.157. The zero-order chi connectivity index (χ0) is 16.0. The first kappa shape index (κ1) is 18.0. The minimum atomic E-state index is 0.157. The fourth-order valence-electron chi connectivity index (χ4n) is 2.58. The van der Waals surface area contributed by atoms with Crippen LogP contribution in [0, 0.1) is 12.3 Å². The van der Waals surface area contributed by atoms with Crippen LogP contribution in [0.4, 0.5) is 0 Å². The summed E-state index contributed by atoms with van der Waals surface area (Å²) in [4.78, 5) is 2.28. The van der Waals surface area contributed by atoms with Crippen LogP contribution < -0.4 is 10.5 Å². The predicted octanol–water partition coefficient (Wildman–Crippen LogP) is 3.41. The summed E-state index contributed by atoms with van der Waals surface area (Å²) in [6, 6.07) is 6.39. The van der Waals surface area contributed by atoms with Crippen LogP contribution in [0.2, 0.25) is 0 Å². The van der Waals surface area contributed by atoms with Crippen molar-refractivity contribution >= 4 is 0 Å². The molecule has 0 atom stereocenters. The molecule has 0 unspecified atom stereocenters. The van der Waals surface area contributed by atoms with Gasteiger partial charge in [-0.2, -0.15) is 0 Å². The molecule has 0 saturated heterocycles. The number of rotatable bonds is 8. The Bertz CT molecular complexity index is 441. The van der Waals surface area contributed by atoms with Crippen LogP contribution in [0.25, 0.3) is 0 Å². The van der Waals surface area contributed by atoms with Gasteiger partial charge in [-0.1, -0.05) is 33.8 Å². The van der Waals surface area contributed by atoms with Crippen molar-refractivity contribution in [1.82, 2.24) is 4.90 Å². The third kappa shape index (κ3) is 6.06. The Labute approximate surface area is 130 Å². The summed E-state index contributed by atoms with van der Waals surface area (Å²) in [5, 5.41) is 0. The predicted molar refractivity (Wildman–Crippen MR) is 91.1 cm³/mol. The molecule has 1 aromatic rings. The summed E-state index contributed by atoms with van der Waals surface area (Å²) in [5.74, 6) is 1.52. The minimum Gasteiger partial charge on any atom is -0.492 e. The average molecular weight is 292 g/mol. The Balaban J connectivity index is 2.44. The number of hydrogen-bond acceptors (Lipinski definition) is 3. The SMILES string of the molecule is Cc1cc(OCCN(C)CC(C)(C)CN)ccc1C(C)C. The molecule has 1 aromatic carbocycles. The van der Waals surface area contributed by atoms with Gasteiger partial charge in [-0.25, -0.2) is 0 Å².